The highest BCUT2D eigenvalue weighted by atomic mass is 35.5. The molecule has 5 rings (SSSR count). The Labute approximate surface area is 213 Å². The molecule has 0 saturated heterocycles. The third-order valence-electron chi connectivity index (χ3n) is 6.39. The number of aryl methyl sites for hydroxylation is 1. The zero-order valence-electron chi connectivity index (χ0n) is 20.2. The van der Waals surface area contributed by atoms with E-state index in [0.29, 0.717) is 33.9 Å². The van der Waals surface area contributed by atoms with Crippen LogP contribution in [0.15, 0.2) is 42.3 Å². The number of aromatic nitrogens is 2. The second-order valence-corrected chi connectivity index (χ2v) is 9.53. The summed E-state index contributed by atoms with van der Waals surface area (Å²) in [5, 5.41) is 7.96. The van der Waals surface area contributed by atoms with Crippen molar-refractivity contribution in [3.8, 4) is 17.0 Å². The van der Waals surface area contributed by atoms with Crippen LogP contribution in [0.1, 0.15) is 28.9 Å². The summed E-state index contributed by atoms with van der Waals surface area (Å²) in [5.74, 6) is -0.796. The Kier molecular flexibility index (Phi) is 8.21. The quantitative estimate of drug-likeness (QED) is 0.554. The normalized spacial score (nSPS) is 19.8. The minimum Gasteiger partial charge on any atom is -0.488 e. The molecule has 0 bridgehead atoms. The number of amides is 1. The van der Waals surface area contributed by atoms with Crippen LogP contribution in [0.2, 0.25) is 5.02 Å². The van der Waals surface area contributed by atoms with Gasteiger partial charge in [0.15, 0.2) is 5.69 Å². The van der Waals surface area contributed by atoms with Gasteiger partial charge in [0, 0.05) is 29.7 Å². The summed E-state index contributed by atoms with van der Waals surface area (Å²) in [6.45, 7) is 0.730. The van der Waals surface area contributed by atoms with Gasteiger partial charge in [-0.05, 0) is 62.7 Å². The average Bonchev–Trinajstić information content (AvgIpc) is 3.61. The SMILES string of the molecule is CNCC1CC1.Cn1nc(C(=O)N(CC=O)CC2C(F)=CC=CC2F)c2c1-c1cc(Cl)ccc1OC2. The number of nitrogens with zero attached hydrogens (tertiary/aromatic N) is 3. The predicted molar refractivity (Wildman–Crippen MR) is 133 cm³/mol. The van der Waals surface area contributed by atoms with Gasteiger partial charge in [-0.1, -0.05) is 17.7 Å². The molecule has 1 fully saturated rings. The van der Waals surface area contributed by atoms with Crippen molar-refractivity contribution in [1.29, 1.82) is 0 Å². The van der Waals surface area contributed by atoms with E-state index in [0.717, 1.165) is 16.9 Å². The second kappa shape index (κ2) is 11.3. The van der Waals surface area contributed by atoms with Crippen molar-refractivity contribution < 1.29 is 23.1 Å². The van der Waals surface area contributed by atoms with Crippen molar-refractivity contribution in [3.05, 3.63) is 58.5 Å². The molecule has 1 aromatic heterocycles. The molecule has 0 spiro atoms. The van der Waals surface area contributed by atoms with Crippen LogP contribution in [0, 0.1) is 11.8 Å². The first-order valence-corrected chi connectivity index (χ1v) is 12.3. The van der Waals surface area contributed by atoms with Gasteiger partial charge in [-0.25, -0.2) is 8.78 Å². The number of rotatable bonds is 7. The van der Waals surface area contributed by atoms with Crippen LogP contribution >= 0.6 is 11.6 Å². The average molecular weight is 519 g/mol. The van der Waals surface area contributed by atoms with E-state index in [9.17, 15) is 18.4 Å². The molecule has 2 atom stereocenters. The molecule has 0 radical (unpaired) electrons. The number of aldehydes is 1. The van der Waals surface area contributed by atoms with E-state index in [1.165, 1.54) is 31.5 Å². The van der Waals surface area contributed by atoms with Crippen molar-refractivity contribution in [1.82, 2.24) is 20.0 Å². The molecule has 2 aliphatic carbocycles. The van der Waals surface area contributed by atoms with E-state index >= 15 is 0 Å². The smallest absolute Gasteiger partial charge is 0.275 e. The van der Waals surface area contributed by atoms with Gasteiger partial charge in [-0.15, -0.1) is 0 Å². The van der Waals surface area contributed by atoms with Gasteiger partial charge in [-0.3, -0.25) is 9.48 Å². The van der Waals surface area contributed by atoms with Crippen LogP contribution < -0.4 is 10.1 Å². The standard InChI is InChI=1S/C21H18ClF2N3O3.C5H11N/c1-26-20-13-9-12(22)5-6-18(13)30-11-15(20)19(25-26)21(29)27(7-8-28)10-14-16(23)3-2-4-17(14)24;1-6-4-5-2-3-5/h2-6,8-9,14,16H,7,10-11H2,1H3;5-6H,2-4H2,1H3. The Hall–Kier alpha value is -3.04. The van der Waals surface area contributed by atoms with Crippen LogP contribution in [0.5, 0.6) is 5.75 Å². The van der Waals surface area contributed by atoms with Gasteiger partial charge in [0.2, 0.25) is 0 Å². The van der Waals surface area contributed by atoms with Gasteiger partial charge in [0.05, 0.1) is 18.2 Å². The molecule has 2 aromatic rings. The molecular formula is C26H29ClF2N4O3. The van der Waals surface area contributed by atoms with E-state index in [-0.39, 0.29) is 25.4 Å². The summed E-state index contributed by atoms with van der Waals surface area (Å²) < 4.78 is 35.6. The molecule has 1 aliphatic heterocycles. The predicted octanol–water partition coefficient (Wildman–Crippen LogP) is 4.27. The fourth-order valence-corrected chi connectivity index (χ4v) is 4.53. The number of nitrogens with one attached hydrogen (secondary N) is 1. The summed E-state index contributed by atoms with van der Waals surface area (Å²) in [6, 6.07) is 5.16. The molecule has 3 aliphatic rings. The largest absolute Gasteiger partial charge is 0.488 e. The molecule has 2 heterocycles. The van der Waals surface area contributed by atoms with E-state index in [1.807, 2.05) is 7.05 Å². The molecule has 192 valence electrons. The van der Waals surface area contributed by atoms with Crippen molar-refractivity contribution in [3.63, 3.8) is 0 Å². The molecule has 10 heteroatoms. The summed E-state index contributed by atoms with van der Waals surface area (Å²) >= 11 is 6.11. The zero-order chi connectivity index (χ0) is 25.8. The summed E-state index contributed by atoms with van der Waals surface area (Å²) in [7, 11) is 3.69. The maximum atomic E-state index is 14.2. The molecule has 1 aromatic carbocycles. The van der Waals surface area contributed by atoms with Gasteiger partial charge >= 0.3 is 0 Å². The summed E-state index contributed by atoms with van der Waals surface area (Å²) in [4.78, 5) is 25.5. The first-order chi connectivity index (χ1) is 17.3. The van der Waals surface area contributed by atoms with Crippen LogP contribution in [-0.2, 0) is 18.4 Å². The topological polar surface area (TPSA) is 76.5 Å². The minimum atomic E-state index is -1.59. The molecule has 7 nitrogen and oxygen atoms in total. The summed E-state index contributed by atoms with van der Waals surface area (Å²) in [5.41, 5.74) is 1.97. The van der Waals surface area contributed by atoms with Gasteiger partial charge in [-0.2, -0.15) is 5.10 Å². The van der Waals surface area contributed by atoms with Crippen molar-refractivity contribution in [2.24, 2.45) is 18.9 Å². The second-order valence-electron chi connectivity index (χ2n) is 9.09. The lowest BCUT2D eigenvalue weighted by Gasteiger charge is -2.27. The van der Waals surface area contributed by atoms with Crippen LogP contribution in [-0.4, -0.2) is 59.7 Å². The number of halogens is 3. The lowest BCUT2D eigenvalue weighted by molar-refractivity contribution is -0.108. The third kappa shape index (κ3) is 5.68. The summed E-state index contributed by atoms with van der Waals surface area (Å²) in [6.07, 6.45) is 5.51. The van der Waals surface area contributed by atoms with E-state index in [2.05, 4.69) is 10.4 Å². The number of fused-ring (bicyclic) bond motifs is 3. The zero-order valence-corrected chi connectivity index (χ0v) is 21.0. The van der Waals surface area contributed by atoms with Gasteiger partial charge < -0.3 is 19.7 Å². The number of allylic oxidation sites excluding steroid dienone is 3. The van der Waals surface area contributed by atoms with Crippen molar-refractivity contribution in [2.45, 2.75) is 25.6 Å². The molecule has 36 heavy (non-hydrogen) atoms. The number of benzene rings is 1. The molecule has 1 N–H and O–H groups in total. The fourth-order valence-electron chi connectivity index (χ4n) is 4.36. The number of alkyl halides is 1. The fraction of sp³-hybridized carbons (Fsp3) is 0.423. The Morgan fingerprint density at radius 1 is 1.39 bits per heavy atom. The number of carbonyl (C=O) groups is 2. The van der Waals surface area contributed by atoms with Crippen LogP contribution in [0.3, 0.4) is 0 Å². The Bertz CT molecular complexity index is 1190. The lowest BCUT2D eigenvalue weighted by atomic mass is 9.96. The number of carbonyl (C=O) groups excluding carboxylic acids is 2. The first kappa shape index (κ1) is 26.0. The minimum absolute atomic E-state index is 0.0751. The molecular weight excluding hydrogens is 490 g/mol. The van der Waals surface area contributed by atoms with Crippen LogP contribution in [0.25, 0.3) is 11.3 Å². The monoisotopic (exact) mass is 518 g/mol. The number of hydrogen-bond acceptors (Lipinski definition) is 5. The molecule has 2 unspecified atom stereocenters. The lowest BCUT2D eigenvalue weighted by Crippen LogP contribution is -2.40. The van der Waals surface area contributed by atoms with Gasteiger partial charge in [0.25, 0.3) is 5.91 Å². The van der Waals surface area contributed by atoms with Crippen LogP contribution in [0.4, 0.5) is 8.78 Å². The Morgan fingerprint density at radius 3 is 2.81 bits per heavy atom. The molecule has 1 saturated carbocycles. The number of ether oxygens (including phenoxy) is 1. The van der Waals surface area contributed by atoms with Gasteiger partial charge in [0.1, 0.15) is 30.6 Å². The maximum Gasteiger partial charge on any atom is 0.275 e. The maximum absolute atomic E-state index is 14.2. The molecule has 1 amide bonds. The highest BCUT2D eigenvalue weighted by Crippen LogP contribution is 2.40. The van der Waals surface area contributed by atoms with E-state index in [1.54, 1.807) is 29.9 Å². The highest BCUT2D eigenvalue weighted by molar-refractivity contribution is 6.31. The number of hydrogen-bond donors (Lipinski definition) is 1. The van der Waals surface area contributed by atoms with Crippen molar-refractivity contribution >= 4 is 23.8 Å². The Morgan fingerprint density at radius 2 is 2.17 bits per heavy atom. The Balaban J connectivity index is 0.000000445. The third-order valence-corrected chi connectivity index (χ3v) is 6.63. The van der Waals surface area contributed by atoms with E-state index < -0.39 is 23.8 Å². The van der Waals surface area contributed by atoms with Crippen molar-refractivity contribution in [2.75, 3.05) is 26.7 Å². The first-order valence-electron chi connectivity index (χ1n) is 11.9. The van der Waals surface area contributed by atoms with E-state index in [4.69, 9.17) is 16.3 Å². The highest BCUT2D eigenvalue weighted by Gasteiger charge is 2.34.